The molecule has 0 unspecified atom stereocenters. The number of aliphatic imine (C=N–C) groups is 1. The Labute approximate surface area is 168 Å². The van der Waals surface area contributed by atoms with E-state index in [2.05, 4.69) is 15.4 Å². The van der Waals surface area contributed by atoms with Gasteiger partial charge in [0.15, 0.2) is 0 Å². The summed E-state index contributed by atoms with van der Waals surface area (Å²) in [5, 5.41) is 7.64. The van der Waals surface area contributed by atoms with Gasteiger partial charge >= 0.3 is 6.18 Å². The molecule has 5 nitrogen and oxygen atoms in total. The van der Waals surface area contributed by atoms with E-state index < -0.39 is 11.7 Å². The quantitative estimate of drug-likeness (QED) is 0.659. The van der Waals surface area contributed by atoms with Gasteiger partial charge in [-0.3, -0.25) is 14.5 Å². The summed E-state index contributed by atoms with van der Waals surface area (Å²) in [5.74, 6) is 0.513. The van der Waals surface area contributed by atoms with Gasteiger partial charge in [0.2, 0.25) is 0 Å². The van der Waals surface area contributed by atoms with Gasteiger partial charge in [0.1, 0.15) is 5.84 Å². The van der Waals surface area contributed by atoms with E-state index in [1.54, 1.807) is 25.4 Å². The van der Waals surface area contributed by atoms with Crippen molar-refractivity contribution in [3.05, 3.63) is 70.3 Å². The molecule has 1 saturated heterocycles. The number of hydrogen-bond donors (Lipinski definition) is 1. The summed E-state index contributed by atoms with van der Waals surface area (Å²) in [6.45, 7) is 0.0156. The normalized spacial score (nSPS) is 17.4. The van der Waals surface area contributed by atoms with E-state index in [1.807, 2.05) is 18.2 Å². The summed E-state index contributed by atoms with van der Waals surface area (Å²) in [5.41, 5.74) is 1.01. The second-order valence-corrected chi connectivity index (χ2v) is 7.41. The maximum atomic E-state index is 13.2. The van der Waals surface area contributed by atoms with E-state index in [0.717, 1.165) is 28.8 Å². The molecule has 0 spiro atoms. The van der Waals surface area contributed by atoms with Crippen molar-refractivity contribution in [2.24, 2.45) is 4.99 Å². The van der Waals surface area contributed by atoms with E-state index in [9.17, 15) is 18.0 Å². The van der Waals surface area contributed by atoms with Gasteiger partial charge in [-0.25, -0.2) is 0 Å². The van der Waals surface area contributed by atoms with E-state index in [-0.39, 0.29) is 17.3 Å². The monoisotopic (exact) mass is 416 g/mol. The lowest BCUT2D eigenvalue weighted by molar-refractivity contribution is -0.138. The Morgan fingerprint density at radius 2 is 2.03 bits per heavy atom. The maximum absolute atomic E-state index is 13.2. The van der Waals surface area contributed by atoms with E-state index in [1.165, 1.54) is 16.8 Å². The van der Waals surface area contributed by atoms with Gasteiger partial charge in [0, 0.05) is 18.6 Å². The Morgan fingerprint density at radius 1 is 1.24 bits per heavy atom. The highest BCUT2D eigenvalue weighted by Gasteiger charge is 2.32. The molecule has 0 aliphatic carbocycles. The summed E-state index contributed by atoms with van der Waals surface area (Å²) in [6, 6.07) is 11.0. The third-order valence-corrected chi connectivity index (χ3v) is 5.23. The highest BCUT2D eigenvalue weighted by atomic mass is 32.2. The highest BCUT2D eigenvalue weighted by molar-refractivity contribution is 8.18. The Morgan fingerprint density at radius 3 is 2.79 bits per heavy atom. The molecule has 9 heteroatoms. The van der Waals surface area contributed by atoms with Crippen LogP contribution >= 0.6 is 11.8 Å². The first-order valence-corrected chi connectivity index (χ1v) is 9.45. The standard InChI is InChI=1S/C20H15F3N4OS/c1-24-18-17(29-19(28)25-18)9-12-6-7-16-14(8-12)11-27(26-16)10-13-4-2-3-5-15(13)20(21,22)23/h2-9,11H,10H2,1H3,(H,24,25,28)/b17-9-. The van der Waals surface area contributed by atoms with Crippen LogP contribution in [0.4, 0.5) is 18.0 Å². The van der Waals surface area contributed by atoms with Crippen molar-refractivity contribution in [2.45, 2.75) is 12.7 Å². The fourth-order valence-electron chi connectivity index (χ4n) is 3.12. The van der Waals surface area contributed by atoms with Crippen molar-refractivity contribution in [3.63, 3.8) is 0 Å². The Hall–Kier alpha value is -3.07. The van der Waals surface area contributed by atoms with Crippen molar-refractivity contribution in [2.75, 3.05) is 7.05 Å². The minimum absolute atomic E-state index is 0.0156. The zero-order chi connectivity index (χ0) is 20.6. The van der Waals surface area contributed by atoms with Gasteiger partial charge < -0.3 is 5.32 Å². The lowest BCUT2D eigenvalue weighted by atomic mass is 10.1. The number of amidine groups is 1. The fourth-order valence-corrected chi connectivity index (χ4v) is 3.90. The third-order valence-electron chi connectivity index (χ3n) is 4.41. The van der Waals surface area contributed by atoms with Crippen LogP contribution in [0, 0.1) is 0 Å². The Bertz CT molecular complexity index is 1160. The van der Waals surface area contributed by atoms with E-state index in [0.29, 0.717) is 16.3 Å². The predicted molar refractivity (Wildman–Crippen MR) is 108 cm³/mol. The first-order valence-electron chi connectivity index (χ1n) is 8.63. The molecule has 3 aromatic rings. The maximum Gasteiger partial charge on any atom is 0.416 e. The average molecular weight is 416 g/mol. The van der Waals surface area contributed by atoms with Crippen LogP contribution in [0.5, 0.6) is 0 Å². The molecule has 2 heterocycles. The number of carbonyl (C=O) groups is 1. The number of hydrogen-bond acceptors (Lipinski definition) is 4. The van der Waals surface area contributed by atoms with Crippen molar-refractivity contribution >= 4 is 39.8 Å². The first-order chi connectivity index (χ1) is 13.8. The topological polar surface area (TPSA) is 59.3 Å². The van der Waals surface area contributed by atoms with Gasteiger partial charge in [-0.2, -0.15) is 18.3 Å². The molecule has 29 heavy (non-hydrogen) atoms. The van der Waals surface area contributed by atoms with Crippen LogP contribution in [-0.4, -0.2) is 27.9 Å². The van der Waals surface area contributed by atoms with Crippen molar-refractivity contribution in [3.8, 4) is 0 Å². The molecule has 0 saturated carbocycles. The first kappa shape index (κ1) is 19.3. The predicted octanol–water partition coefficient (Wildman–Crippen LogP) is 4.93. The van der Waals surface area contributed by atoms with Crippen LogP contribution in [0.2, 0.25) is 0 Å². The third kappa shape index (κ3) is 4.04. The number of rotatable bonds is 3. The van der Waals surface area contributed by atoms with Crippen LogP contribution in [0.15, 0.2) is 58.6 Å². The van der Waals surface area contributed by atoms with Gasteiger partial charge in [-0.05, 0) is 47.2 Å². The smallest absolute Gasteiger partial charge is 0.300 e. The van der Waals surface area contributed by atoms with Gasteiger partial charge in [-0.15, -0.1) is 0 Å². The summed E-state index contributed by atoms with van der Waals surface area (Å²) in [6.07, 6.45) is -0.864. The number of nitrogens with zero attached hydrogens (tertiary/aromatic N) is 3. The number of aromatic nitrogens is 2. The lowest BCUT2D eigenvalue weighted by Crippen LogP contribution is -2.18. The molecule has 148 valence electrons. The number of fused-ring (bicyclic) bond motifs is 1. The molecule has 0 radical (unpaired) electrons. The molecule has 1 aliphatic heterocycles. The molecule has 1 aromatic heterocycles. The lowest BCUT2D eigenvalue weighted by Gasteiger charge is -2.12. The average Bonchev–Trinajstić information content (AvgIpc) is 3.23. The van der Waals surface area contributed by atoms with Crippen LogP contribution < -0.4 is 5.32 Å². The molecule has 0 atom stereocenters. The number of amides is 1. The number of alkyl halides is 3. The molecule has 1 fully saturated rings. The van der Waals surface area contributed by atoms with Gasteiger partial charge in [-0.1, -0.05) is 24.3 Å². The van der Waals surface area contributed by atoms with Crippen LogP contribution in [0.1, 0.15) is 16.7 Å². The van der Waals surface area contributed by atoms with Gasteiger partial charge in [0.25, 0.3) is 5.24 Å². The zero-order valence-electron chi connectivity index (χ0n) is 15.2. The second-order valence-electron chi connectivity index (χ2n) is 6.40. The summed E-state index contributed by atoms with van der Waals surface area (Å²) in [7, 11) is 1.60. The van der Waals surface area contributed by atoms with Crippen LogP contribution in [-0.2, 0) is 12.7 Å². The SMILES string of the molecule is CN=C1NC(=O)S/C1=C\c1ccc2nn(Cc3ccccc3C(F)(F)F)cc2c1. The van der Waals surface area contributed by atoms with Gasteiger partial charge in [0.05, 0.1) is 22.5 Å². The molecular weight excluding hydrogens is 401 g/mol. The molecule has 4 rings (SSSR count). The number of halogens is 3. The molecule has 0 bridgehead atoms. The minimum Gasteiger partial charge on any atom is -0.300 e. The molecule has 2 aromatic carbocycles. The number of benzene rings is 2. The number of thioether (sulfide) groups is 1. The molecule has 1 amide bonds. The van der Waals surface area contributed by atoms with Crippen LogP contribution in [0.25, 0.3) is 17.0 Å². The molecular formula is C20H15F3N4OS. The summed E-state index contributed by atoms with van der Waals surface area (Å²) in [4.78, 5) is 16.3. The highest BCUT2D eigenvalue weighted by Crippen LogP contribution is 2.32. The molecule has 1 aliphatic rings. The Balaban J connectivity index is 1.64. The van der Waals surface area contributed by atoms with Crippen molar-refractivity contribution < 1.29 is 18.0 Å². The Kier molecular flexibility index (Phi) is 4.91. The summed E-state index contributed by atoms with van der Waals surface area (Å²) >= 11 is 1.06. The summed E-state index contributed by atoms with van der Waals surface area (Å²) < 4.78 is 41.1. The largest absolute Gasteiger partial charge is 0.416 e. The minimum atomic E-state index is -4.41. The molecule has 1 N–H and O–H groups in total. The fraction of sp³-hybridized carbons (Fsp3) is 0.150. The van der Waals surface area contributed by atoms with E-state index >= 15 is 0 Å². The van der Waals surface area contributed by atoms with Crippen LogP contribution in [0.3, 0.4) is 0 Å². The second kappa shape index (κ2) is 7.40. The zero-order valence-corrected chi connectivity index (χ0v) is 16.0. The number of carbonyl (C=O) groups excluding carboxylic acids is 1. The van der Waals surface area contributed by atoms with Crippen molar-refractivity contribution in [1.82, 2.24) is 15.1 Å². The van der Waals surface area contributed by atoms with Crippen molar-refractivity contribution in [1.29, 1.82) is 0 Å². The van der Waals surface area contributed by atoms with E-state index in [4.69, 9.17) is 0 Å². The number of nitrogens with one attached hydrogen (secondary N) is 1.